The lowest BCUT2D eigenvalue weighted by molar-refractivity contribution is -0.107. The van der Waals surface area contributed by atoms with E-state index in [-0.39, 0.29) is 17.1 Å². The van der Waals surface area contributed by atoms with Crippen molar-refractivity contribution in [2.24, 2.45) is 4.99 Å². The second kappa shape index (κ2) is 9.75. The van der Waals surface area contributed by atoms with Crippen LogP contribution in [0, 0.1) is 13.8 Å². The molecule has 0 saturated carbocycles. The third kappa shape index (κ3) is 4.54. The molecule has 7 nitrogen and oxygen atoms in total. The van der Waals surface area contributed by atoms with Gasteiger partial charge in [-0.15, -0.1) is 0 Å². The van der Waals surface area contributed by atoms with Gasteiger partial charge in [-0.2, -0.15) is 4.99 Å². The van der Waals surface area contributed by atoms with Crippen LogP contribution in [0.3, 0.4) is 0 Å². The molecule has 0 radical (unpaired) electrons. The molecule has 1 heterocycles. The average molecular weight is 442 g/mol. The molecule has 0 saturated heterocycles. The number of benzene rings is 3. The van der Waals surface area contributed by atoms with Gasteiger partial charge in [0.15, 0.2) is 11.2 Å². The topological polar surface area (TPSA) is 88.4 Å². The number of hydrogen-bond donors (Lipinski definition) is 2. The number of amides is 2. The van der Waals surface area contributed by atoms with Crippen LogP contribution in [0.25, 0.3) is 21.8 Å². The Labute approximate surface area is 192 Å². The van der Waals surface area contributed by atoms with Gasteiger partial charge in [0.2, 0.25) is 6.41 Å². The van der Waals surface area contributed by atoms with Crippen molar-refractivity contribution in [1.82, 2.24) is 20.2 Å². The zero-order valence-electron chi connectivity index (χ0n) is 19.1. The van der Waals surface area contributed by atoms with Gasteiger partial charge in [-0.05, 0) is 53.4 Å². The van der Waals surface area contributed by atoms with Crippen molar-refractivity contribution in [2.75, 3.05) is 13.6 Å². The summed E-state index contributed by atoms with van der Waals surface area (Å²) in [7, 11) is 1.54. The Kier molecular flexibility index (Phi) is 6.60. The molecule has 0 bridgehead atoms. The number of carbonyl (C=O) groups excluding carboxylic acids is 2. The second-order valence-corrected chi connectivity index (χ2v) is 7.99. The van der Waals surface area contributed by atoms with Crippen LogP contribution in [0.4, 0.5) is 0 Å². The molecular weight excluding hydrogens is 414 g/mol. The van der Waals surface area contributed by atoms with Crippen molar-refractivity contribution in [3.63, 3.8) is 0 Å². The second-order valence-electron chi connectivity index (χ2n) is 7.99. The average Bonchev–Trinajstić information content (AvgIpc) is 2.83. The lowest BCUT2D eigenvalue weighted by Crippen LogP contribution is -2.36. The molecule has 0 aliphatic rings. The number of nitrogens with zero attached hydrogens (tertiary/aromatic N) is 3. The van der Waals surface area contributed by atoms with E-state index in [9.17, 15) is 9.59 Å². The minimum absolute atomic E-state index is 0.134. The summed E-state index contributed by atoms with van der Waals surface area (Å²) >= 11 is 0. The summed E-state index contributed by atoms with van der Waals surface area (Å²) < 4.78 is 1.89. The molecule has 4 aromatic rings. The molecule has 7 heteroatoms. The van der Waals surface area contributed by atoms with E-state index in [2.05, 4.69) is 50.9 Å². The maximum absolute atomic E-state index is 12.5. The molecule has 0 unspecified atom stereocenters. The van der Waals surface area contributed by atoms with E-state index < -0.39 is 0 Å². The summed E-state index contributed by atoms with van der Waals surface area (Å²) in [4.78, 5) is 32.4. The highest BCUT2D eigenvalue weighted by molar-refractivity contribution is 5.94. The number of hydrogen-bond acceptors (Lipinski definition) is 4. The van der Waals surface area contributed by atoms with Gasteiger partial charge in [-0.25, -0.2) is 4.98 Å². The molecule has 1 aromatic heterocycles. The summed E-state index contributed by atoms with van der Waals surface area (Å²) in [6.07, 6.45) is 0.455. The Balaban J connectivity index is 1.69. The molecular formula is C26H27N5O2. The Hall–Kier alpha value is -3.84. The van der Waals surface area contributed by atoms with Crippen LogP contribution in [-0.4, -0.2) is 35.5 Å². The Morgan fingerprint density at radius 1 is 1.09 bits per heavy atom. The molecule has 0 spiro atoms. The molecule has 0 aliphatic carbocycles. The van der Waals surface area contributed by atoms with Crippen LogP contribution in [-0.2, 0) is 17.9 Å². The third-order valence-corrected chi connectivity index (χ3v) is 5.91. The van der Waals surface area contributed by atoms with Gasteiger partial charge in [0.1, 0.15) is 0 Å². The van der Waals surface area contributed by atoms with Crippen LogP contribution in [0.15, 0.2) is 59.6 Å². The van der Waals surface area contributed by atoms with E-state index >= 15 is 0 Å². The van der Waals surface area contributed by atoms with Crippen molar-refractivity contribution in [3.8, 4) is 0 Å². The predicted molar refractivity (Wildman–Crippen MR) is 130 cm³/mol. The molecule has 3 aromatic carbocycles. The monoisotopic (exact) mass is 441 g/mol. The van der Waals surface area contributed by atoms with Crippen molar-refractivity contribution < 1.29 is 9.59 Å². The highest BCUT2D eigenvalue weighted by Crippen LogP contribution is 2.19. The first-order valence-corrected chi connectivity index (χ1v) is 10.9. The molecule has 0 fully saturated rings. The normalized spacial score (nSPS) is 11.8. The van der Waals surface area contributed by atoms with E-state index in [1.165, 1.54) is 23.4 Å². The summed E-state index contributed by atoms with van der Waals surface area (Å²) in [6.45, 7) is 5.87. The van der Waals surface area contributed by atoms with Crippen molar-refractivity contribution in [3.05, 3.63) is 82.5 Å². The summed E-state index contributed by atoms with van der Waals surface area (Å²) in [5.41, 5.74) is 5.31. The number of nitrogens with one attached hydrogen (secondary N) is 2. The van der Waals surface area contributed by atoms with Gasteiger partial charge in [0, 0.05) is 26.7 Å². The van der Waals surface area contributed by atoms with Gasteiger partial charge in [0.05, 0.1) is 11.0 Å². The summed E-state index contributed by atoms with van der Waals surface area (Å²) in [5, 5.41) is 8.52. The van der Waals surface area contributed by atoms with E-state index in [4.69, 9.17) is 0 Å². The first-order valence-electron chi connectivity index (χ1n) is 10.9. The lowest BCUT2D eigenvalue weighted by Gasteiger charge is -2.16. The van der Waals surface area contributed by atoms with Gasteiger partial charge in [-0.1, -0.05) is 42.5 Å². The standard InChI is InChI=1S/C26H27N5O2/c1-17-13-22-23(14-18(17)2)31(25(29-16-32)24(30-22)26(33)27-3)12-11-28-15-20-9-6-8-19-7-4-5-10-21(19)20/h4-10,13-14,16,28H,11-12,15H2,1-3H3,(H,27,33). The fraction of sp³-hybridized carbons (Fsp3) is 0.231. The van der Waals surface area contributed by atoms with Crippen LogP contribution in [0.2, 0.25) is 0 Å². The maximum Gasteiger partial charge on any atom is 0.273 e. The Bertz CT molecular complexity index is 1420. The molecule has 33 heavy (non-hydrogen) atoms. The van der Waals surface area contributed by atoms with Crippen molar-refractivity contribution >= 4 is 34.1 Å². The molecule has 0 atom stereocenters. The van der Waals surface area contributed by atoms with E-state index in [1.54, 1.807) is 0 Å². The molecule has 2 amide bonds. The largest absolute Gasteiger partial charge is 0.354 e. The fourth-order valence-electron chi connectivity index (χ4n) is 4.04. The first kappa shape index (κ1) is 22.4. The zero-order chi connectivity index (χ0) is 23.4. The van der Waals surface area contributed by atoms with E-state index in [0.29, 0.717) is 31.6 Å². The number of carbonyl (C=O) groups is 2. The quantitative estimate of drug-likeness (QED) is 0.341. The number of fused-ring (bicyclic) bond motifs is 2. The first-order chi connectivity index (χ1) is 16.0. The maximum atomic E-state index is 12.5. The molecule has 168 valence electrons. The molecule has 4 rings (SSSR count). The Morgan fingerprint density at radius 3 is 2.64 bits per heavy atom. The van der Waals surface area contributed by atoms with Gasteiger partial charge in [-0.3, -0.25) is 9.59 Å². The van der Waals surface area contributed by atoms with Gasteiger partial charge < -0.3 is 15.2 Å². The fourth-order valence-corrected chi connectivity index (χ4v) is 4.04. The van der Waals surface area contributed by atoms with E-state index in [1.807, 2.05) is 42.7 Å². The van der Waals surface area contributed by atoms with Crippen LogP contribution >= 0.6 is 0 Å². The van der Waals surface area contributed by atoms with Crippen LogP contribution in [0.1, 0.15) is 27.2 Å². The lowest BCUT2D eigenvalue weighted by atomic mass is 10.0. The zero-order valence-corrected chi connectivity index (χ0v) is 19.1. The van der Waals surface area contributed by atoms with Gasteiger partial charge >= 0.3 is 0 Å². The summed E-state index contributed by atoms with van der Waals surface area (Å²) in [5.74, 6) is -0.381. The SMILES string of the molecule is CNC(=O)c1nc2cc(C)c(C)cc2n(CCNCc2cccc3ccccc23)c1=NC=O. The predicted octanol–water partition coefficient (Wildman–Crippen LogP) is 3.01. The summed E-state index contributed by atoms with van der Waals surface area (Å²) in [6, 6.07) is 18.6. The number of rotatable bonds is 7. The van der Waals surface area contributed by atoms with E-state index in [0.717, 1.165) is 16.6 Å². The van der Waals surface area contributed by atoms with Crippen LogP contribution < -0.4 is 16.1 Å². The third-order valence-electron chi connectivity index (χ3n) is 5.91. The smallest absolute Gasteiger partial charge is 0.273 e. The molecule has 2 N–H and O–H groups in total. The van der Waals surface area contributed by atoms with Crippen LogP contribution in [0.5, 0.6) is 0 Å². The minimum Gasteiger partial charge on any atom is -0.354 e. The van der Waals surface area contributed by atoms with Crippen molar-refractivity contribution in [1.29, 1.82) is 0 Å². The molecule has 0 aliphatic heterocycles. The highest BCUT2D eigenvalue weighted by atomic mass is 16.2. The minimum atomic E-state index is -0.381. The number of aryl methyl sites for hydroxylation is 2. The van der Waals surface area contributed by atoms with Gasteiger partial charge in [0.25, 0.3) is 5.91 Å². The van der Waals surface area contributed by atoms with Crippen molar-refractivity contribution in [2.45, 2.75) is 26.9 Å². The Morgan fingerprint density at radius 2 is 1.85 bits per heavy atom. The highest BCUT2D eigenvalue weighted by Gasteiger charge is 2.16. The number of aromatic nitrogens is 2.